The van der Waals surface area contributed by atoms with Gasteiger partial charge in [0, 0.05) is 18.2 Å². The number of benzene rings is 2. The first-order valence-corrected chi connectivity index (χ1v) is 7.81. The lowest BCUT2D eigenvalue weighted by atomic mass is 10.1. The summed E-state index contributed by atoms with van der Waals surface area (Å²) in [7, 11) is 1.67. The largest absolute Gasteiger partial charge is 0.497 e. The molecular weight excluding hydrogens is 300 g/mol. The smallest absolute Gasteiger partial charge is 0.222 e. The molecule has 0 saturated heterocycles. The number of hydrogen-bond acceptors (Lipinski definition) is 5. The van der Waals surface area contributed by atoms with Gasteiger partial charge >= 0.3 is 0 Å². The number of nitrogen functional groups attached to an aromatic ring is 1. The van der Waals surface area contributed by atoms with Crippen molar-refractivity contribution in [2.45, 2.75) is 6.42 Å². The topological polar surface area (TPSA) is 73.1 Å². The second-order valence-corrected chi connectivity index (χ2v) is 5.39. The van der Waals surface area contributed by atoms with E-state index < -0.39 is 0 Å². The molecule has 0 aliphatic rings. The van der Waals surface area contributed by atoms with Gasteiger partial charge in [-0.25, -0.2) is 4.98 Å². The standard InChI is InChI=1S/C19H20N4O/c1-24-16-9-7-14(8-10-16)11-12-21-18-13-17(22-19(20)23-18)15-5-3-2-4-6-15/h2-10,13H,11-12H2,1H3,(H3,20,21,22,23). The summed E-state index contributed by atoms with van der Waals surface area (Å²) < 4.78 is 5.16. The predicted molar refractivity (Wildman–Crippen MR) is 97.1 cm³/mol. The Morgan fingerprint density at radius 2 is 1.75 bits per heavy atom. The van der Waals surface area contributed by atoms with E-state index in [1.165, 1.54) is 5.56 Å². The van der Waals surface area contributed by atoms with Gasteiger partial charge in [0.25, 0.3) is 0 Å². The number of anilines is 2. The molecule has 0 aliphatic heterocycles. The average Bonchev–Trinajstić information content (AvgIpc) is 2.63. The molecule has 122 valence electrons. The summed E-state index contributed by atoms with van der Waals surface area (Å²) in [4.78, 5) is 8.56. The van der Waals surface area contributed by atoms with Crippen LogP contribution in [0.2, 0.25) is 0 Å². The molecule has 3 aromatic rings. The molecule has 1 heterocycles. The van der Waals surface area contributed by atoms with Crippen LogP contribution in [0.25, 0.3) is 11.3 Å². The van der Waals surface area contributed by atoms with Crippen molar-refractivity contribution >= 4 is 11.8 Å². The highest BCUT2D eigenvalue weighted by molar-refractivity contribution is 5.63. The fourth-order valence-corrected chi connectivity index (χ4v) is 2.44. The van der Waals surface area contributed by atoms with Gasteiger partial charge in [-0.2, -0.15) is 4.98 Å². The number of nitrogens with one attached hydrogen (secondary N) is 1. The van der Waals surface area contributed by atoms with Crippen LogP contribution >= 0.6 is 0 Å². The Bertz CT molecular complexity index is 788. The molecule has 0 amide bonds. The molecule has 0 aliphatic carbocycles. The number of hydrogen-bond donors (Lipinski definition) is 2. The molecule has 24 heavy (non-hydrogen) atoms. The highest BCUT2D eigenvalue weighted by Crippen LogP contribution is 2.20. The van der Waals surface area contributed by atoms with Crippen LogP contribution in [0, 0.1) is 0 Å². The molecule has 5 nitrogen and oxygen atoms in total. The van der Waals surface area contributed by atoms with Gasteiger partial charge in [-0.05, 0) is 24.1 Å². The third kappa shape index (κ3) is 4.01. The third-order valence-electron chi connectivity index (χ3n) is 3.69. The Hall–Kier alpha value is -3.08. The van der Waals surface area contributed by atoms with Crippen molar-refractivity contribution in [2.75, 3.05) is 24.7 Å². The van der Waals surface area contributed by atoms with Gasteiger partial charge in [0.15, 0.2) is 0 Å². The van der Waals surface area contributed by atoms with Gasteiger partial charge in [0.2, 0.25) is 5.95 Å². The number of nitrogens with two attached hydrogens (primary N) is 1. The van der Waals surface area contributed by atoms with Crippen molar-refractivity contribution in [3.05, 3.63) is 66.2 Å². The second kappa shape index (κ2) is 7.46. The highest BCUT2D eigenvalue weighted by Gasteiger charge is 2.04. The van der Waals surface area contributed by atoms with Crippen molar-refractivity contribution in [3.8, 4) is 17.0 Å². The van der Waals surface area contributed by atoms with E-state index in [4.69, 9.17) is 10.5 Å². The number of nitrogens with zero attached hydrogens (tertiary/aromatic N) is 2. The molecule has 0 fully saturated rings. The van der Waals surface area contributed by atoms with E-state index in [9.17, 15) is 0 Å². The number of ether oxygens (including phenoxy) is 1. The van der Waals surface area contributed by atoms with Crippen LogP contribution in [-0.2, 0) is 6.42 Å². The van der Waals surface area contributed by atoms with Crippen molar-refractivity contribution < 1.29 is 4.74 Å². The SMILES string of the molecule is COc1ccc(CCNc2cc(-c3ccccc3)nc(N)n2)cc1. The number of methoxy groups -OCH3 is 1. The van der Waals surface area contributed by atoms with Gasteiger partial charge in [0.1, 0.15) is 11.6 Å². The van der Waals surface area contributed by atoms with Gasteiger partial charge in [-0.1, -0.05) is 42.5 Å². The Kier molecular flexibility index (Phi) is 4.91. The van der Waals surface area contributed by atoms with Crippen molar-refractivity contribution in [3.63, 3.8) is 0 Å². The summed E-state index contributed by atoms with van der Waals surface area (Å²) in [6.45, 7) is 0.761. The van der Waals surface area contributed by atoms with Gasteiger partial charge in [-0.3, -0.25) is 0 Å². The molecule has 2 aromatic carbocycles. The lowest BCUT2D eigenvalue weighted by molar-refractivity contribution is 0.414. The Morgan fingerprint density at radius 3 is 2.46 bits per heavy atom. The molecule has 0 radical (unpaired) electrons. The van der Waals surface area contributed by atoms with Crippen LogP contribution in [0.5, 0.6) is 5.75 Å². The minimum absolute atomic E-state index is 0.267. The predicted octanol–water partition coefficient (Wildman–Crippen LogP) is 3.39. The molecule has 5 heteroatoms. The molecule has 0 bridgehead atoms. The maximum absolute atomic E-state index is 5.84. The maximum Gasteiger partial charge on any atom is 0.222 e. The first-order chi connectivity index (χ1) is 11.7. The Labute approximate surface area is 141 Å². The molecule has 3 rings (SSSR count). The van der Waals surface area contributed by atoms with E-state index in [0.29, 0.717) is 0 Å². The summed E-state index contributed by atoms with van der Waals surface area (Å²) >= 11 is 0. The summed E-state index contributed by atoms with van der Waals surface area (Å²) in [5.41, 5.74) is 8.90. The first-order valence-electron chi connectivity index (χ1n) is 7.81. The minimum atomic E-state index is 0.267. The summed E-state index contributed by atoms with van der Waals surface area (Å²) in [5, 5.41) is 3.31. The van der Waals surface area contributed by atoms with Crippen molar-refractivity contribution in [1.82, 2.24) is 9.97 Å². The van der Waals surface area contributed by atoms with Crippen LogP contribution in [-0.4, -0.2) is 23.6 Å². The van der Waals surface area contributed by atoms with Crippen molar-refractivity contribution in [1.29, 1.82) is 0 Å². The zero-order chi connectivity index (χ0) is 16.8. The lowest BCUT2D eigenvalue weighted by Gasteiger charge is -2.09. The molecule has 3 N–H and O–H groups in total. The van der Waals surface area contributed by atoms with Crippen LogP contribution < -0.4 is 15.8 Å². The molecule has 0 saturated carbocycles. The highest BCUT2D eigenvalue weighted by atomic mass is 16.5. The van der Waals surface area contributed by atoms with Gasteiger partial charge in [-0.15, -0.1) is 0 Å². The normalized spacial score (nSPS) is 10.4. The van der Waals surface area contributed by atoms with Gasteiger partial charge < -0.3 is 15.8 Å². The number of aromatic nitrogens is 2. The van der Waals surface area contributed by atoms with E-state index in [1.54, 1.807) is 7.11 Å². The van der Waals surface area contributed by atoms with Crippen LogP contribution in [0.3, 0.4) is 0 Å². The zero-order valence-corrected chi connectivity index (χ0v) is 13.6. The molecule has 0 unspecified atom stereocenters. The first kappa shape index (κ1) is 15.8. The van der Waals surface area contributed by atoms with E-state index in [2.05, 4.69) is 27.4 Å². The Morgan fingerprint density at radius 1 is 1.00 bits per heavy atom. The molecule has 0 spiro atoms. The monoisotopic (exact) mass is 320 g/mol. The van der Waals surface area contributed by atoms with Crippen LogP contribution in [0.1, 0.15) is 5.56 Å². The fourth-order valence-electron chi connectivity index (χ4n) is 2.44. The lowest BCUT2D eigenvalue weighted by Crippen LogP contribution is -2.08. The molecule has 0 atom stereocenters. The van der Waals surface area contributed by atoms with Crippen LogP contribution in [0.15, 0.2) is 60.7 Å². The zero-order valence-electron chi connectivity index (χ0n) is 13.6. The Balaban J connectivity index is 1.65. The van der Waals surface area contributed by atoms with Crippen molar-refractivity contribution in [2.24, 2.45) is 0 Å². The van der Waals surface area contributed by atoms with Crippen LogP contribution in [0.4, 0.5) is 11.8 Å². The number of rotatable bonds is 6. The van der Waals surface area contributed by atoms with E-state index >= 15 is 0 Å². The van der Waals surface area contributed by atoms with Gasteiger partial charge in [0.05, 0.1) is 12.8 Å². The summed E-state index contributed by atoms with van der Waals surface area (Å²) in [5.74, 6) is 1.86. The summed E-state index contributed by atoms with van der Waals surface area (Å²) in [6, 6.07) is 19.9. The minimum Gasteiger partial charge on any atom is -0.497 e. The third-order valence-corrected chi connectivity index (χ3v) is 3.69. The summed E-state index contributed by atoms with van der Waals surface area (Å²) in [6.07, 6.45) is 0.884. The molecule has 1 aromatic heterocycles. The van der Waals surface area contributed by atoms with E-state index in [1.807, 2.05) is 48.5 Å². The fraction of sp³-hybridized carbons (Fsp3) is 0.158. The van der Waals surface area contributed by atoms with E-state index in [0.717, 1.165) is 35.8 Å². The molecular formula is C19H20N4O. The average molecular weight is 320 g/mol. The maximum atomic E-state index is 5.84. The quantitative estimate of drug-likeness (QED) is 0.728. The van der Waals surface area contributed by atoms with E-state index in [-0.39, 0.29) is 5.95 Å². The second-order valence-electron chi connectivity index (χ2n) is 5.39.